The van der Waals surface area contributed by atoms with E-state index in [1.54, 1.807) is 63.2 Å². The molecule has 44 heavy (non-hydrogen) atoms. The summed E-state index contributed by atoms with van der Waals surface area (Å²) in [5.74, 6) is -0.614. The van der Waals surface area contributed by atoms with Gasteiger partial charge in [0.25, 0.3) is 0 Å². The van der Waals surface area contributed by atoms with E-state index in [1.165, 1.54) is 32.8 Å². The highest BCUT2D eigenvalue weighted by atomic mass is 79.9. The lowest BCUT2D eigenvalue weighted by Gasteiger charge is -2.43. The molecule has 5 rings (SSSR count). The standard InChI is InChI=1S/C29H32BrN5O8S/c1-29(2,3)43-26(37)31-23-16-33(44(40,41)21-12-10-20(30)11-13-21)15-22-19(17-42-25(36)18-8-6-5-7-9-18)14-34-27(38)32(4)28(39)35(34)24(22)23/h5-13,23-24H,14-17H2,1-4H3,(H,31,37)/t23-,24-/m0/s1. The van der Waals surface area contributed by atoms with Crippen LogP contribution in [0.3, 0.4) is 0 Å². The average molecular weight is 691 g/mol. The molecule has 15 heteroatoms. The van der Waals surface area contributed by atoms with Crippen LogP contribution < -0.4 is 16.7 Å². The van der Waals surface area contributed by atoms with Gasteiger partial charge in [0, 0.05) is 24.6 Å². The number of sulfonamides is 1. The summed E-state index contributed by atoms with van der Waals surface area (Å²) in [7, 11) is -2.77. The van der Waals surface area contributed by atoms with Crippen molar-refractivity contribution in [2.24, 2.45) is 7.05 Å². The number of hydrogen-bond acceptors (Lipinski definition) is 8. The molecule has 0 unspecified atom stereocenters. The number of aromatic nitrogens is 3. The summed E-state index contributed by atoms with van der Waals surface area (Å²) in [6.45, 7) is 4.23. The van der Waals surface area contributed by atoms with Gasteiger partial charge in [0.2, 0.25) is 10.0 Å². The number of rotatable bonds is 6. The van der Waals surface area contributed by atoms with E-state index in [0.29, 0.717) is 21.2 Å². The summed E-state index contributed by atoms with van der Waals surface area (Å²) in [5.41, 5.74) is -0.952. The number of piperidine rings is 1. The molecule has 1 amide bonds. The van der Waals surface area contributed by atoms with Crippen molar-refractivity contribution in [3.05, 3.63) is 96.7 Å². The van der Waals surface area contributed by atoms with Crippen LogP contribution >= 0.6 is 15.9 Å². The van der Waals surface area contributed by atoms with E-state index in [0.717, 1.165) is 4.57 Å². The van der Waals surface area contributed by atoms with Gasteiger partial charge in [-0.1, -0.05) is 34.1 Å². The maximum atomic E-state index is 13.9. The summed E-state index contributed by atoms with van der Waals surface area (Å²) in [6, 6.07) is 12.4. The van der Waals surface area contributed by atoms with E-state index in [4.69, 9.17) is 9.47 Å². The van der Waals surface area contributed by atoms with Crippen LogP contribution in [0.25, 0.3) is 0 Å². The molecule has 0 aliphatic carbocycles. The van der Waals surface area contributed by atoms with Crippen molar-refractivity contribution < 1.29 is 27.5 Å². The van der Waals surface area contributed by atoms with Gasteiger partial charge in [-0.15, -0.1) is 0 Å². The molecule has 1 saturated heterocycles. The predicted molar refractivity (Wildman–Crippen MR) is 163 cm³/mol. The minimum Gasteiger partial charge on any atom is -0.457 e. The first-order valence-electron chi connectivity index (χ1n) is 13.7. The first kappa shape index (κ1) is 31.5. The van der Waals surface area contributed by atoms with Gasteiger partial charge in [-0.05, 0) is 68.3 Å². The van der Waals surface area contributed by atoms with Gasteiger partial charge in [0.1, 0.15) is 12.2 Å². The molecule has 2 aliphatic heterocycles. The van der Waals surface area contributed by atoms with E-state index < -0.39 is 51.2 Å². The number of esters is 1. The van der Waals surface area contributed by atoms with Crippen molar-refractivity contribution in [1.82, 2.24) is 23.6 Å². The minimum atomic E-state index is -4.10. The number of ether oxygens (including phenoxy) is 2. The van der Waals surface area contributed by atoms with Crippen molar-refractivity contribution in [3.63, 3.8) is 0 Å². The number of carbonyl (C=O) groups is 2. The van der Waals surface area contributed by atoms with E-state index in [-0.39, 0.29) is 31.1 Å². The van der Waals surface area contributed by atoms with Crippen molar-refractivity contribution in [2.75, 3.05) is 19.7 Å². The number of benzene rings is 2. The SMILES string of the molecule is Cn1c(=O)n2n(c1=O)[C@H]1C(=C(COC(=O)c3ccccc3)C2)CN(S(=O)(=O)c2ccc(Br)cc2)C[C@@H]1NC(=O)OC(C)(C)C. The van der Waals surface area contributed by atoms with Crippen molar-refractivity contribution >= 4 is 38.0 Å². The summed E-state index contributed by atoms with van der Waals surface area (Å²) < 4.78 is 44.1. The van der Waals surface area contributed by atoms with E-state index >= 15 is 0 Å². The smallest absolute Gasteiger partial charge is 0.408 e. The Morgan fingerprint density at radius 2 is 1.66 bits per heavy atom. The van der Waals surface area contributed by atoms with Gasteiger partial charge in [0.15, 0.2) is 0 Å². The highest BCUT2D eigenvalue weighted by Gasteiger charge is 2.45. The monoisotopic (exact) mass is 689 g/mol. The second-order valence-corrected chi connectivity index (χ2v) is 14.4. The summed E-state index contributed by atoms with van der Waals surface area (Å²) >= 11 is 3.32. The number of fused-ring (bicyclic) bond motifs is 3. The third-order valence-electron chi connectivity index (χ3n) is 7.33. The van der Waals surface area contributed by atoms with Gasteiger partial charge in [-0.2, -0.15) is 4.31 Å². The normalized spacial score (nSPS) is 18.8. The zero-order chi connectivity index (χ0) is 32.0. The summed E-state index contributed by atoms with van der Waals surface area (Å²) in [6.07, 6.45) is -0.828. The van der Waals surface area contributed by atoms with Crippen LogP contribution in [0.4, 0.5) is 4.79 Å². The molecule has 13 nitrogen and oxygen atoms in total. The van der Waals surface area contributed by atoms with Gasteiger partial charge < -0.3 is 14.8 Å². The molecular formula is C29H32BrN5O8S. The highest BCUT2D eigenvalue weighted by Crippen LogP contribution is 2.36. The van der Waals surface area contributed by atoms with Gasteiger partial charge in [-0.3, -0.25) is 0 Å². The zero-order valence-electron chi connectivity index (χ0n) is 24.5. The predicted octanol–water partition coefficient (Wildman–Crippen LogP) is 2.42. The molecule has 0 bridgehead atoms. The topological polar surface area (TPSA) is 151 Å². The Hall–Kier alpha value is -3.95. The highest BCUT2D eigenvalue weighted by molar-refractivity contribution is 9.10. The number of carbonyl (C=O) groups excluding carboxylic acids is 2. The maximum absolute atomic E-state index is 13.9. The first-order valence-corrected chi connectivity index (χ1v) is 16.0. The van der Waals surface area contributed by atoms with E-state index in [1.807, 2.05) is 0 Å². The molecule has 0 spiro atoms. The third-order valence-corrected chi connectivity index (χ3v) is 9.69. The molecule has 234 valence electrons. The molecule has 2 aromatic carbocycles. The van der Waals surface area contributed by atoms with E-state index in [2.05, 4.69) is 21.2 Å². The lowest BCUT2D eigenvalue weighted by Crippen LogP contribution is -2.59. The number of nitrogens with zero attached hydrogens (tertiary/aromatic N) is 4. The van der Waals surface area contributed by atoms with Gasteiger partial charge in [-0.25, -0.2) is 41.5 Å². The Morgan fingerprint density at radius 1 is 1.00 bits per heavy atom. The molecule has 3 heterocycles. The molecule has 0 saturated carbocycles. The number of amides is 1. The minimum absolute atomic E-state index is 0.0254. The summed E-state index contributed by atoms with van der Waals surface area (Å²) in [5, 5.41) is 2.74. The Morgan fingerprint density at radius 3 is 2.30 bits per heavy atom. The summed E-state index contributed by atoms with van der Waals surface area (Å²) in [4.78, 5) is 52.4. The largest absolute Gasteiger partial charge is 0.457 e. The van der Waals surface area contributed by atoms with Crippen molar-refractivity contribution in [1.29, 1.82) is 0 Å². The van der Waals surface area contributed by atoms with Crippen molar-refractivity contribution in [3.8, 4) is 0 Å². The second-order valence-electron chi connectivity index (χ2n) is 11.5. The third kappa shape index (κ3) is 6.16. The Bertz CT molecular complexity index is 1850. The number of alkyl carbamates (subject to hydrolysis) is 1. The Balaban J connectivity index is 1.61. The lowest BCUT2D eigenvalue weighted by molar-refractivity contribution is 0.0466. The van der Waals surface area contributed by atoms with Crippen LogP contribution in [0.2, 0.25) is 0 Å². The molecule has 1 N–H and O–H groups in total. The van der Waals surface area contributed by atoms with Crippen LogP contribution in [-0.2, 0) is 33.1 Å². The first-order chi connectivity index (χ1) is 20.7. The van der Waals surface area contributed by atoms with Gasteiger partial charge in [0.05, 0.1) is 29.1 Å². The zero-order valence-corrected chi connectivity index (χ0v) is 26.9. The fourth-order valence-corrected chi connectivity index (χ4v) is 7.03. The van der Waals surface area contributed by atoms with Crippen LogP contribution in [0.1, 0.15) is 37.2 Å². The molecule has 2 aliphatic rings. The van der Waals surface area contributed by atoms with Crippen LogP contribution in [0.15, 0.2) is 84.7 Å². The molecule has 0 radical (unpaired) electrons. The molecule has 3 aromatic rings. The molecular weight excluding hydrogens is 658 g/mol. The Labute approximate surface area is 261 Å². The Kier molecular flexibility index (Phi) is 8.48. The fourth-order valence-electron chi connectivity index (χ4n) is 5.32. The van der Waals surface area contributed by atoms with E-state index in [9.17, 15) is 27.6 Å². The molecule has 2 atom stereocenters. The van der Waals surface area contributed by atoms with Crippen molar-refractivity contribution in [2.45, 2.75) is 49.9 Å². The number of halogens is 1. The van der Waals surface area contributed by atoms with Gasteiger partial charge >= 0.3 is 23.4 Å². The molecule has 1 aromatic heterocycles. The maximum Gasteiger partial charge on any atom is 0.408 e. The average Bonchev–Trinajstić information content (AvgIpc) is 3.18. The van der Waals surface area contributed by atoms with Crippen LogP contribution in [-0.4, -0.2) is 70.1 Å². The van der Waals surface area contributed by atoms with Crippen LogP contribution in [0.5, 0.6) is 0 Å². The second kappa shape index (κ2) is 11.9. The number of hydrogen-bond donors (Lipinski definition) is 1. The number of nitrogens with one attached hydrogen (secondary N) is 1. The quantitative estimate of drug-likeness (QED) is 0.306. The van der Waals surface area contributed by atoms with Crippen LogP contribution in [0, 0.1) is 0 Å². The fraction of sp³-hybridized carbons (Fsp3) is 0.379. The molecule has 1 fully saturated rings. The lowest BCUT2D eigenvalue weighted by atomic mass is 9.90.